The van der Waals surface area contributed by atoms with E-state index in [0.29, 0.717) is 12.0 Å². The van der Waals surface area contributed by atoms with E-state index in [2.05, 4.69) is 41.0 Å². The molecule has 5 nitrogen and oxygen atoms in total. The SMILES string of the molecule is CCN(CC)CC(C)Nc1nc(N)ncc1C. The summed E-state index contributed by atoms with van der Waals surface area (Å²) in [6, 6.07) is 0.336. The molecule has 1 heterocycles. The maximum atomic E-state index is 5.58. The molecule has 0 aliphatic heterocycles. The van der Waals surface area contributed by atoms with Gasteiger partial charge >= 0.3 is 0 Å². The first-order chi connectivity index (χ1) is 8.06. The van der Waals surface area contributed by atoms with E-state index in [1.807, 2.05) is 6.92 Å². The van der Waals surface area contributed by atoms with E-state index in [-0.39, 0.29) is 0 Å². The molecule has 1 aromatic rings. The standard InChI is InChI=1S/C12H23N5/c1-5-17(6-2)8-10(4)15-11-9(3)7-14-12(13)16-11/h7,10H,5-6,8H2,1-4H3,(H3,13,14,15,16). The first kappa shape index (κ1) is 13.7. The largest absolute Gasteiger partial charge is 0.368 e. The fraction of sp³-hybridized carbons (Fsp3) is 0.667. The van der Waals surface area contributed by atoms with Crippen LogP contribution in [0.15, 0.2) is 6.20 Å². The third kappa shape index (κ3) is 4.19. The molecule has 1 aromatic heterocycles. The van der Waals surface area contributed by atoms with E-state index in [9.17, 15) is 0 Å². The Bertz CT molecular complexity index is 349. The minimum Gasteiger partial charge on any atom is -0.368 e. The number of hydrogen-bond acceptors (Lipinski definition) is 5. The van der Waals surface area contributed by atoms with Crippen molar-refractivity contribution in [2.75, 3.05) is 30.7 Å². The zero-order valence-corrected chi connectivity index (χ0v) is 11.2. The van der Waals surface area contributed by atoms with Gasteiger partial charge in [0.2, 0.25) is 5.95 Å². The summed E-state index contributed by atoms with van der Waals surface area (Å²) < 4.78 is 0. The number of rotatable bonds is 6. The highest BCUT2D eigenvalue weighted by molar-refractivity contribution is 5.45. The van der Waals surface area contributed by atoms with Crippen molar-refractivity contribution in [3.05, 3.63) is 11.8 Å². The maximum Gasteiger partial charge on any atom is 0.221 e. The topological polar surface area (TPSA) is 67.1 Å². The van der Waals surface area contributed by atoms with Crippen LogP contribution < -0.4 is 11.1 Å². The average Bonchev–Trinajstić information content (AvgIpc) is 2.31. The fourth-order valence-electron chi connectivity index (χ4n) is 1.75. The molecule has 1 atom stereocenters. The van der Waals surface area contributed by atoms with Gasteiger partial charge in [-0.05, 0) is 26.9 Å². The summed E-state index contributed by atoms with van der Waals surface area (Å²) in [5.74, 6) is 1.14. The molecule has 17 heavy (non-hydrogen) atoms. The second kappa shape index (κ2) is 6.39. The van der Waals surface area contributed by atoms with Crippen LogP contribution in [-0.4, -0.2) is 40.5 Å². The summed E-state index contributed by atoms with van der Waals surface area (Å²) in [5, 5.41) is 3.38. The van der Waals surface area contributed by atoms with Crippen LogP contribution in [0.2, 0.25) is 0 Å². The molecule has 1 rings (SSSR count). The molecule has 0 spiro atoms. The molecule has 0 saturated heterocycles. The van der Waals surface area contributed by atoms with Gasteiger partial charge in [0.1, 0.15) is 5.82 Å². The van der Waals surface area contributed by atoms with Gasteiger partial charge in [-0.2, -0.15) is 4.98 Å². The van der Waals surface area contributed by atoms with Crippen molar-refractivity contribution in [3.8, 4) is 0 Å². The number of nitrogens with one attached hydrogen (secondary N) is 1. The van der Waals surface area contributed by atoms with Gasteiger partial charge in [-0.1, -0.05) is 13.8 Å². The molecule has 0 fully saturated rings. The molecule has 5 heteroatoms. The summed E-state index contributed by atoms with van der Waals surface area (Å²) in [7, 11) is 0. The van der Waals surface area contributed by atoms with Crippen LogP contribution in [0.25, 0.3) is 0 Å². The Hall–Kier alpha value is -1.36. The van der Waals surface area contributed by atoms with Gasteiger partial charge in [0.25, 0.3) is 0 Å². The Morgan fingerprint density at radius 2 is 2.06 bits per heavy atom. The van der Waals surface area contributed by atoms with E-state index in [1.165, 1.54) is 0 Å². The zero-order chi connectivity index (χ0) is 12.8. The number of nitrogen functional groups attached to an aromatic ring is 1. The predicted octanol–water partition coefficient (Wildman–Crippen LogP) is 1.51. The Kier molecular flexibility index (Phi) is 5.15. The zero-order valence-electron chi connectivity index (χ0n) is 11.2. The predicted molar refractivity (Wildman–Crippen MR) is 72.1 cm³/mol. The van der Waals surface area contributed by atoms with Crippen LogP contribution in [0.4, 0.5) is 11.8 Å². The fourth-order valence-corrected chi connectivity index (χ4v) is 1.75. The molecule has 1 unspecified atom stereocenters. The monoisotopic (exact) mass is 237 g/mol. The highest BCUT2D eigenvalue weighted by Gasteiger charge is 2.09. The number of aryl methyl sites for hydroxylation is 1. The van der Waals surface area contributed by atoms with Crippen molar-refractivity contribution in [1.82, 2.24) is 14.9 Å². The highest BCUT2D eigenvalue weighted by Crippen LogP contribution is 2.12. The number of nitrogens with zero attached hydrogens (tertiary/aromatic N) is 3. The second-order valence-electron chi connectivity index (χ2n) is 4.29. The lowest BCUT2D eigenvalue weighted by atomic mass is 10.2. The number of aromatic nitrogens is 2. The normalized spacial score (nSPS) is 12.8. The molecule has 0 aliphatic carbocycles. The quantitative estimate of drug-likeness (QED) is 0.785. The van der Waals surface area contributed by atoms with Gasteiger partial charge in [0.05, 0.1) is 0 Å². The highest BCUT2D eigenvalue weighted by atomic mass is 15.2. The van der Waals surface area contributed by atoms with Crippen LogP contribution in [-0.2, 0) is 0 Å². The molecular formula is C12H23N5. The van der Waals surface area contributed by atoms with E-state index in [4.69, 9.17) is 5.73 Å². The number of likely N-dealkylation sites (N-methyl/N-ethyl adjacent to an activating group) is 1. The summed E-state index contributed by atoms with van der Waals surface area (Å²) >= 11 is 0. The van der Waals surface area contributed by atoms with Gasteiger partial charge in [0, 0.05) is 24.3 Å². The van der Waals surface area contributed by atoms with Crippen molar-refractivity contribution in [1.29, 1.82) is 0 Å². The molecular weight excluding hydrogens is 214 g/mol. The van der Waals surface area contributed by atoms with E-state index in [0.717, 1.165) is 31.0 Å². The van der Waals surface area contributed by atoms with E-state index >= 15 is 0 Å². The maximum absolute atomic E-state index is 5.58. The molecule has 0 aliphatic rings. The molecule has 0 amide bonds. The first-order valence-corrected chi connectivity index (χ1v) is 6.14. The number of nitrogens with two attached hydrogens (primary N) is 1. The van der Waals surface area contributed by atoms with Gasteiger partial charge in [0.15, 0.2) is 0 Å². The Morgan fingerprint density at radius 1 is 1.41 bits per heavy atom. The van der Waals surface area contributed by atoms with Crippen molar-refractivity contribution in [2.24, 2.45) is 0 Å². The Labute approximate surface area is 103 Å². The number of anilines is 2. The van der Waals surface area contributed by atoms with Crippen molar-refractivity contribution >= 4 is 11.8 Å². The summed E-state index contributed by atoms with van der Waals surface area (Å²) in [6.07, 6.45) is 1.74. The minimum atomic E-state index is 0.313. The summed E-state index contributed by atoms with van der Waals surface area (Å²) in [5.41, 5.74) is 6.60. The van der Waals surface area contributed by atoms with Crippen LogP contribution in [0, 0.1) is 6.92 Å². The second-order valence-corrected chi connectivity index (χ2v) is 4.29. The third-order valence-electron chi connectivity index (χ3n) is 2.80. The van der Waals surface area contributed by atoms with Crippen molar-refractivity contribution < 1.29 is 0 Å². The molecule has 96 valence electrons. The van der Waals surface area contributed by atoms with Crippen molar-refractivity contribution in [2.45, 2.75) is 33.7 Å². The molecule has 0 bridgehead atoms. The average molecular weight is 237 g/mol. The molecule has 3 N–H and O–H groups in total. The smallest absolute Gasteiger partial charge is 0.221 e. The van der Waals surface area contributed by atoms with Crippen LogP contribution in [0.5, 0.6) is 0 Å². The van der Waals surface area contributed by atoms with Gasteiger partial charge in [-0.15, -0.1) is 0 Å². The van der Waals surface area contributed by atoms with Gasteiger partial charge in [-0.25, -0.2) is 4.98 Å². The summed E-state index contributed by atoms with van der Waals surface area (Å²) in [6.45, 7) is 11.6. The summed E-state index contributed by atoms with van der Waals surface area (Å²) in [4.78, 5) is 10.5. The third-order valence-corrected chi connectivity index (χ3v) is 2.80. The Balaban J connectivity index is 2.61. The molecule has 0 radical (unpaired) electrons. The molecule has 0 aromatic carbocycles. The number of hydrogen-bond donors (Lipinski definition) is 2. The lowest BCUT2D eigenvalue weighted by molar-refractivity contribution is 0.294. The van der Waals surface area contributed by atoms with Crippen molar-refractivity contribution in [3.63, 3.8) is 0 Å². The van der Waals surface area contributed by atoms with E-state index < -0.39 is 0 Å². The van der Waals surface area contributed by atoms with Crippen LogP contribution in [0.1, 0.15) is 26.3 Å². The van der Waals surface area contributed by atoms with Crippen LogP contribution in [0.3, 0.4) is 0 Å². The van der Waals surface area contributed by atoms with Gasteiger partial charge in [-0.3, -0.25) is 0 Å². The van der Waals surface area contributed by atoms with Crippen LogP contribution >= 0.6 is 0 Å². The Morgan fingerprint density at radius 3 is 2.65 bits per heavy atom. The lowest BCUT2D eigenvalue weighted by Crippen LogP contribution is -2.35. The lowest BCUT2D eigenvalue weighted by Gasteiger charge is -2.24. The molecule has 0 saturated carbocycles. The van der Waals surface area contributed by atoms with E-state index in [1.54, 1.807) is 6.20 Å². The first-order valence-electron chi connectivity index (χ1n) is 6.14. The minimum absolute atomic E-state index is 0.313. The van der Waals surface area contributed by atoms with Gasteiger partial charge < -0.3 is 16.0 Å².